The molecule has 20 heavy (non-hydrogen) atoms. The van der Waals surface area contributed by atoms with Crippen molar-refractivity contribution in [2.75, 3.05) is 13.1 Å². The van der Waals surface area contributed by atoms with Crippen LogP contribution in [0.5, 0.6) is 0 Å². The van der Waals surface area contributed by atoms with Gasteiger partial charge in [0.2, 0.25) is 0 Å². The highest BCUT2D eigenvalue weighted by atomic mass is 79.9. The fourth-order valence-corrected chi connectivity index (χ4v) is 2.93. The topological polar surface area (TPSA) is 40.5 Å². The van der Waals surface area contributed by atoms with E-state index in [1.54, 1.807) is 0 Å². The maximum atomic E-state index is 13.9. The first-order chi connectivity index (χ1) is 9.47. The number of halogens is 3. The van der Waals surface area contributed by atoms with Gasteiger partial charge in [0, 0.05) is 25.1 Å². The molecule has 0 aliphatic carbocycles. The first kappa shape index (κ1) is 15.4. The second kappa shape index (κ2) is 6.63. The van der Waals surface area contributed by atoms with Gasteiger partial charge in [-0.1, -0.05) is 0 Å². The molecular formula is C14H16BrF2NO2. The summed E-state index contributed by atoms with van der Waals surface area (Å²) in [6.07, 6.45) is 1.65. The summed E-state index contributed by atoms with van der Waals surface area (Å²) in [7, 11) is 0. The minimum absolute atomic E-state index is 0.0678. The minimum atomic E-state index is -0.799. The third-order valence-electron chi connectivity index (χ3n) is 3.66. The van der Waals surface area contributed by atoms with Crippen LogP contribution in [-0.4, -0.2) is 29.1 Å². The largest absolute Gasteiger partial charge is 0.481 e. The van der Waals surface area contributed by atoms with Crippen LogP contribution < -0.4 is 0 Å². The van der Waals surface area contributed by atoms with Gasteiger partial charge in [-0.3, -0.25) is 9.69 Å². The van der Waals surface area contributed by atoms with E-state index in [9.17, 15) is 13.6 Å². The lowest BCUT2D eigenvalue weighted by Gasteiger charge is -2.17. The molecule has 1 saturated heterocycles. The normalized spacial score (nSPS) is 19.4. The molecule has 0 bridgehead atoms. The number of carbonyl (C=O) groups is 1. The molecule has 1 heterocycles. The standard InChI is InChI=1S/C14H16BrF2NO2/c15-11-2-3-12(16)10(14(11)17)8-18-6-5-9(7-18)1-4-13(19)20/h2-3,9H,1,4-8H2,(H,19,20). The van der Waals surface area contributed by atoms with E-state index in [2.05, 4.69) is 15.9 Å². The Morgan fingerprint density at radius 3 is 2.90 bits per heavy atom. The molecule has 0 amide bonds. The monoisotopic (exact) mass is 347 g/mol. The number of rotatable bonds is 5. The van der Waals surface area contributed by atoms with Crippen LogP contribution >= 0.6 is 15.9 Å². The van der Waals surface area contributed by atoms with Gasteiger partial charge in [-0.15, -0.1) is 0 Å². The molecule has 0 radical (unpaired) electrons. The molecule has 0 aromatic heterocycles. The summed E-state index contributed by atoms with van der Waals surface area (Å²) < 4.78 is 27.8. The van der Waals surface area contributed by atoms with Gasteiger partial charge in [0.1, 0.15) is 11.6 Å². The molecule has 6 heteroatoms. The zero-order valence-electron chi connectivity index (χ0n) is 10.9. The fraction of sp³-hybridized carbons (Fsp3) is 0.500. The van der Waals surface area contributed by atoms with Crippen LogP contribution in [0, 0.1) is 17.6 Å². The summed E-state index contributed by atoms with van der Waals surface area (Å²) in [5, 5.41) is 8.66. The van der Waals surface area contributed by atoms with Gasteiger partial charge >= 0.3 is 5.97 Å². The predicted molar refractivity (Wildman–Crippen MR) is 74.3 cm³/mol. The molecular weight excluding hydrogens is 332 g/mol. The number of nitrogens with zero attached hydrogens (tertiary/aromatic N) is 1. The van der Waals surface area contributed by atoms with Crippen LogP contribution in [0.3, 0.4) is 0 Å². The summed E-state index contributed by atoms with van der Waals surface area (Å²) in [5.74, 6) is -1.60. The number of benzene rings is 1. The maximum Gasteiger partial charge on any atom is 0.303 e. The molecule has 1 aliphatic rings. The maximum absolute atomic E-state index is 13.9. The van der Waals surface area contributed by atoms with Gasteiger partial charge in [-0.05, 0) is 53.4 Å². The van der Waals surface area contributed by atoms with Gasteiger partial charge in [-0.25, -0.2) is 8.78 Å². The van der Waals surface area contributed by atoms with E-state index in [0.29, 0.717) is 18.9 Å². The van der Waals surface area contributed by atoms with Crippen molar-refractivity contribution in [2.24, 2.45) is 5.92 Å². The molecule has 2 rings (SSSR count). The zero-order valence-corrected chi connectivity index (χ0v) is 12.5. The van der Waals surface area contributed by atoms with Gasteiger partial charge in [-0.2, -0.15) is 0 Å². The quantitative estimate of drug-likeness (QED) is 0.829. The Kier molecular flexibility index (Phi) is 5.10. The Morgan fingerprint density at radius 1 is 1.45 bits per heavy atom. The molecule has 3 nitrogen and oxygen atoms in total. The Labute approximate surface area is 124 Å². The Bertz CT molecular complexity index is 510. The molecule has 1 aromatic carbocycles. The van der Waals surface area contributed by atoms with Crippen molar-refractivity contribution in [2.45, 2.75) is 25.8 Å². The summed E-state index contributed by atoms with van der Waals surface area (Å²) in [4.78, 5) is 12.5. The van der Waals surface area contributed by atoms with Crippen molar-refractivity contribution >= 4 is 21.9 Å². The van der Waals surface area contributed by atoms with Crippen molar-refractivity contribution in [1.82, 2.24) is 4.90 Å². The van der Waals surface area contributed by atoms with Crippen molar-refractivity contribution in [1.29, 1.82) is 0 Å². The average molecular weight is 348 g/mol. The van der Waals surface area contributed by atoms with E-state index in [1.807, 2.05) is 4.90 Å². The van der Waals surface area contributed by atoms with Gasteiger partial charge in [0.05, 0.1) is 4.47 Å². The first-order valence-electron chi connectivity index (χ1n) is 6.54. The van der Waals surface area contributed by atoms with Crippen LogP contribution in [-0.2, 0) is 11.3 Å². The Balaban J connectivity index is 1.95. The van der Waals surface area contributed by atoms with E-state index in [-0.39, 0.29) is 23.0 Å². The second-order valence-corrected chi connectivity index (χ2v) is 6.00. The lowest BCUT2D eigenvalue weighted by atomic mass is 10.0. The lowest BCUT2D eigenvalue weighted by Crippen LogP contribution is -2.22. The fourth-order valence-electron chi connectivity index (χ4n) is 2.56. The summed E-state index contributed by atoms with van der Waals surface area (Å²) in [6.45, 7) is 1.66. The second-order valence-electron chi connectivity index (χ2n) is 5.14. The first-order valence-corrected chi connectivity index (χ1v) is 7.33. The van der Waals surface area contributed by atoms with E-state index in [0.717, 1.165) is 13.0 Å². The summed E-state index contributed by atoms with van der Waals surface area (Å²) >= 11 is 3.06. The molecule has 1 atom stereocenters. The average Bonchev–Trinajstić information content (AvgIpc) is 2.85. The molecule has 110 valence electrons. The van der Waals surface area contributed by atoms with E-state index < -0.39 is 17.6 Å². The molecule has 0 saturated carbocycles. The number of likely N-dealkylation sites (tertiary alicyclic amines) is 1. The van der Waals surface area contributed by atoms with Crippen molar-refractivity contribution < 1.29 is 18.7 Å². The van der Waals surface area contributed by atoms with Crippen molar-refractivity contribution in [3.63, 3.8) is 0 Å². The Morgan fingerprint density at radius 2 is 2.20 bits per heavy atom. The lowest BCUT2D eigenvalue weighted by molar-refractivity contribution is -0.137. The third-order valence-corrected chi connectivity index (χ3v) is 4.27. The van der Waals surface area contributed by atoms with E-state index in [4.69, 9.17) is 5.11 Å². The van der Waals surface area contributed by atoms with Crippen LogP contribution in [0.4, 0.5) is 8.78 Å². The zero-order chi connectivity index (χ0) is 14.7. The number of hydrogen-bond acceptors (Lipinski definition) is 2. The van der Waals surface area contributed by atoms with Gasteiger partial charge < -0.3 is 5.11 Å². The number of carboxylic acids is 1. The highest BCUT2D eigenvalue weighted by Gasteiger charge is 2.25. The molecule has 0 spiro atoms. The molecule has 1 aromatic rings. The molecule has 1 unspecified atom stereocenters. The van der Waals surface area contributed by atoms with Crippen molar-refractivity contribution in [3.05, 3.63) is 33.8 Å². The SMILES string of the molecule is O=C(O)CCC1CCN(Cc2c(F)ccc(Br)c2F)C1. The predicted octanol–water partition coefficient (Wildman–Crippen LogP) is 3.41. The summed E-state index contributed by atoms with van der Waals surface area (Å²) in [6, 6.07) is 2.61. The van der Waals surface area contributed by atoms with E-state index >= 15 is 0 Å². The number of aliphatic carboxylic acids is 1. The van der Waals surface area contributed by atoms with Crippen LogP contribution in [0.15, 0.2) is 16.6 Å². The van der Waals surface area contributed by atoms with Crippen molar-refractivity contribution in [3.8, 4) is 0 Å². The molecule has 1 N–H and O–H groups in total. The van der Waals surface area contributed by atoms with Gasteiger partial charge in [0.25, 0.3) is 0 Å². The molecule has 1 fully saturated rings. The highest BCUT2D eigenvalue weighted by molar-refractivity contribution is 9.10. The summed E-state index contributed by atoms with van der Waals surface area (Å²) in [5.41, 5.74) is 0.0678. The number of carboxylic acid groups (broad SMARTS) is 1. The van der Waals surface area contributed by atoms with Gasteiger partial charge in [0.15, 0.2) is 0 Å². The van der Waals surface area contributed by atoms with Crippen LogP contribution in [0.1, 0.15) is 24.8 Å². The molecule has 1 aliphatic heterocycles. The smallest absolute Gasteiger partial charge is 0.303 e. The minimum Gasteiger partial charge on any atom is -0.481 e. The van der Waals surface area contributed by atoms with Crippen LogP contribution in [0.2, 0.25) is 0 Å². The van der Waals surface area contributed by atoms with E-state index in [1.165, 1.54) is 12.1 Å². The van der Waals surface area contributed by atoms with Crippen LogP contribution in [0.25, 0.3) is 0 Å². The number of hydrogen-bond donors (Lipinski definition) is 1. The highest BCUT2D eigenvalue weighted by Crippen LogP contribution is 2.26. The Hall–Kier alpha value is -1.01. The third kappa shape index (κ3) is 3.76.